The SMILES string of the molecule is CCC(C(=O)NN)N1CCN(C(C)C)CC1. The summed E-state index contributed by atoms with van der Waals surface area (Å²) < 4.78 is 0. The van der Waals surface area contributed by atoms with Crippen LogP contribution in [0.15, 0.2) is 0 Å². The van der Waals surface area contributed by atoms with Gasteiger partial charge in [0.2, 0.25) is 0 Å². The molecular weight excluding hydrogens is 204 g/mol. The van der Waals surface area contributed by atoms with Crippen LogP contribution in [0.3, 0.4) is 0 Å². The summed E-state index contributed by atoms with van der Waals surface area (Å²) in [6, 6.07) is 0.518. The molecule has 0 bridgehead atoms. The second-order valence-corrected chi connectivity index (χ2v) is 4.60. The van der Waals surface area contributed by atoms with Crippen molar-refractivity contribution in [1.82, 2.24) is 15.2 Å². The maximum Gasteiger partial charge on any atom is 0.251 e. The summed E-state index contributed by atoms with van der Waals surface area (Å²) in [5.41, 5.74) is 2.25. The molecule has 1 aliphatic rings. The molecule has 1 fully saturated rings. The lowest BCUT2D eigenvalue weighted by Crippen LogP contribution is -2.56. The highest BCUT2D eigenvalue weighted by Crippen LogP contribution is 2.11. The lowest BCUT2D eigenvalue weighted by Gasteiger charge is -2.39. The van der Waals surface area contributed by atoms with E-state index < -0.39 is 0 Å². The van der Waals surface area contributed by atoms with E-state index in [4.69, 9.17) is 5.84 Å². The number of hydrazine groups is 1. The van der Waals surface area contributed by atoms with E-state index in [0.29, 0.717) is 6.04 Å². The van der Waals surface area contributed by atoms with E-state index in [9.17, 15) is 4.79 Å². The Morgan fingerprint density at radius 2 is 1.75 bits per heavy atom. The molecule has 1 aliphatic heterocycles. The van der Waals surface area contributed by atoms with Gasteiger partial charge >= 0.3 is 0 Å². The predicted molar refractivity (Wildman–Crippen MR) is 64.7 cm³/mol. The van der Waals surface area contributed by atoms with Crippen LogP contribution in [0.1, 0.15) is 27.2 Å². The van der Waals surface area contributed by atoms with Gasteiger partial charge in [0.05, 0.1) is 6.04 Å². The number of rotatable bonds is 4. The zero-order valence-corrected chi connectivity index (χ0v) is 10.6. The Balaban J connectivity index is 2.48. The van der Waals surface area contributed by atoms with Gasteiger partial charge in [-0.2, -0.15) is 0 Å². The minimum Gasteiger partial charge on any atom is -0.298 e. The Morgan fingerprint density at radius 1 is 1.25 bits per heavy atom. The van der Waals surface area contributed by atoms with Crippen LogP contribution < -0.4 is 11.3 Å². The summed E-state index contributed by atoms with van der Waals surface area (Å²) in [6.07, 6.45) is 0.810. The summed E-state index contributed by atoms with van der Waals surface area (Å²) >= 11 is 0. The minimum absolute atomic E-state index is 0.0690. The van der Waals surface area contributed by atoms with Crippen molar-refractivity contribution in [2.24, 2.45) is 5.84 Å². The third kappa shape index (κ3) is 3.17. The molecule has 0 spiro atoms. The first-order chi connectivity index (χ1) is 7.60. The Bertz CT molecular complexity index is 224. The number of nitrogens with zero attached hydrogens (tertiary/aromatic N) is 2. The molecule has 0 aliphatic carbocycles. The number of carbonyl (C=O) groups excluding carboxylic acids is 1. The fourth-order valence-corrected chi connectivity index (χ4v) is 2.27. The highest BCUT2D eigenvalue weighted by molar-refractivity contribution is 5.81. The molecule has 1 amide bonds. The van der Waals surface area contributed by atoms with Crippen LogP contribution in [0.25, 0.3) is 0 Å². The second-order valence-electron chi connectivity index (χ2n) is 4.60. The van der Waals surface area contributed by atoms with Gasteiger partial charge in [-0.05, 0) is 20.3 Å². The van der Waals surface area contributed by atoms with Gasteiger partial charge in [-0.15, -0.1) is 0 Å². The van der Waals surface area contributed by atoms with E-state index in [-0.39, 0.29) is 11.9 Å². The van der Waals surface area contributed by atoms with E-state index in [1.54, 1.807) is 0 Å². The zero-order chi connectivity index (χ0) is 12.1. The van der Waals surface area contributed by atoms with Crippen LogP contribution in [0, 0.1) is 0 Å². The first-order valence-electron chi connectivity index (χ1n) is 6.08. The molecule has 1 atom stereocenters. The Morgan fingerprint density at radius 3 is 2.12 bits per heavy atom. The Hall–Kier alpha value is -0.650. The molecule has 0 saturated carbocycles. The fraction of sp³-hybridized carbons (Fsp3) is 0.909. The van der Waals surface area contributed by atoms with E-state index in [2.05, 4.69) is 29.1 Å². The van der Waals surface area contributed by atoms with Crippen LogP contribution in [0.5, 0.6) is 0 Å². The molecule has 1 saturated heterocycles. The number of hydrogen-bond donors (Lipinski definition) is 2. The largest absolute Gasteiger partial charge is 0.298 e. The molecule has 1 unspecified atom stereocenters. The van der Waals surface area contributed by atoms with Gasteiger partial charge in [0.25, 0.3) is 5.91 Å². The topological polar surface area (TPSA) is 61.6 Å². The van der Waals surface area contributed by atoms with Gasteiger partial charge in [0.15, 0.2) is 0 Å². The summed E-state index contributed by atoms with van der Waals surface area (Å²) in [5, 5.41) is 0. The summed E-state index contributed by atoms with van der Waals surface area (Å²) in [5.74, 6) is 5.13. The zero-order valence-electron chi connectivity index (χ0n) is 10.6. The van der Waals surface area contributed by atoms with Crippen LogP contribution in [-0.4, -0.2) is 54.0 Å². The number of carbonyl (C=O) groups is 1. The monoisotopic (exact) mass is 228 g/mol. The molecule has 3 N–H and O–H groups in total. The molecule has 0 aromatic carbocycles. The molecule has 1 rings (SSSR count). The first-order valence-corrected chi connectivity index (χ1v) is 6.08. The molecule has 5 nitrogen and oxygen atoms in total. The maximum absolute atomic E-state index is 11.6. The van der Waals surface area contributed by atoms with E-state index in [0.717, 1.165) is 32.6 Å². The predicted octanol–water partition coefficient (Wildman–Crippen LogP) is -0.219. The van der Waals surface area contributed by atoms with Gasteiger partial charge in [-0.1, -0.05) is 6.92 Å². The van der Waals surface area contributed by atoms with Gasteiger partial charge in [-0.25, -0.2) is 5.84 Å². The number of hydrogen-bond acceptors (Lipinski definition) is 4. The van der Waals surface area contributed by atoms with Crippen LogP contribution in [0.4, 0.5) is 0 Å². The molecule has 94 valence electrons. The van der Waals surface area contributed by atoms with E-state index >= 15 is 0 Å². The summed E-state index contributed by atoms with van der Waals surface area (Å²) in [4.78, 5) is 16.2. The molecule has 1 heterocycles. The van der Waals surface area contributed by atoms with Crippen molar-refractivity contribution in [1.29, 1.82) is 0 Å². The van der Waals surface area contributed by atoms with Gasteiger partial charge in [0.1, 0.15) is 0 Å². The molecule has 0 aromatic rings. The third-order valence-corrected chi connectivity index (χ3v) is 3.35. The average molecular weight is 228 g/mol. The Labute approximate surface area is 97.9 Å². The summed E-state index contributed by atoms with van der Waals surface area (Å²) in [7, 11) is 0. The number of nitrogens with one attached hydrogen (secondary N) is 1. The molecule has 5 heteroatoms. The lowest BCUT2D eigenvalue weighted by molar-refractivity contribution is -0.127. The smallest absolute Gasteiger partial charge is 0.251 e. The van der Waals surface area contributed by atoms with Crippen molar-refractivity contribution in [3.05, 3.63) is 0 Å². The highest BCUT2D eigenvalue weighted by Gasteiger charge is 2.27. The first kappa shape index (κ1) is 13.4. The highest BCUT2D eigenvalue weighted by atomic mass is 16.2. The Kier molecular flexibility index (Phi) is 5.18. The molecule has 0 aromatic heterocycles. The molecule has 16 heavy (non-hydrogen) atoms. The van der Waals surface area contributed by atoms with Crippen molar-refractivity contribution in [3.63, 3.8) is 0 Å². The standard InChI is InChI=1S/C11H24N4O/c1-4-10(11(16)13-12)15-7-5-14(6-8-15)9(2)3/h9-10H,4-8,12H2,1-3H3,(H,13,16). The normalized spacial score (nSPS) is 21.1. The van der Waals surface area contributed by atoms with E-state index in [1.165, 1.54) is 0 Å². The van der Waals surface area contributed by atoms with E-state index in [1.807, 2.05) is 6.92 Å². The van der Waals surface area contributed by atoms with Gasteiger partial charge in [-0.3, -0.25) is 20.0 Å². The fourth-order valence-electron chi connectivity index (χ4n) is 2.27. The quantitative estimate of drug-likeness (QED) is 0.397. The van der Waals surface area contributed by atoms with Crippen molar-refractivity contribution >= 4 is 5.91 Å². The molecule has 0 radical (unpaired) electrons. The van der Waals surface area contributed by atoms with Crippen LogP contribution >= 0.6 is 0 Å². The maximum atomic E-state index is 11.6. The number of piperazine rings is 1. The van der Waals surface area contributed by atoms with Crippen molar-refractivity contribution in [3.8, 4) is 0 Å². The second kappa shape index (κ2) is 6.18. The van der Waals surface area contributed by atoms with Crippen molar-refractivity contribution in [2.75, 3.05) is 26.2 Å². The van der Waals surface area contributed by atoms with Gasteiger partial charge in [0, 0.05) is 32.2 Å². The summed E-state index contributed by atoms with van der Waals surface area (Å²) in [6.45, 7) is 10.4. The van der Waals surface area contributed by atoms with Gasteiger partial charge < -0.3 is 0 Å². The van der Waals surface area contributed by atoms with Crippen molar-refractivity contribution in [2.45, 2.75) is 39.3 Å². The van der Waals surface area contributed by atoms with Crippen molar-refractivity contribution < 1.29 is 4.79 Å². The molecular formula is C11H24N4O. The minimum atomic E-state index is -0.0701. The lowest BCUT2D eigenvalue weighted by atomic mass is 10.1. The average Bonchev–Trinajstić information content (AvgIpc) is 2.30. The third-order valence-electron chi connectivity index (χ3n) is 3.35. The van der Waals surface area contributed by atoms with Crippen LogP contribution in [0.2, 0.25) is 0 Å². The number of amides is 1. The number of nitrogens with two attached hydrogens (primary N) is 1. The van der Waals surface area contributed by atoms with Crippen LogP contribution in [-0.2, 0) is 4.79 Å².